The molecule has 0 radical (unpaired) electrons. The van der Waals surface area contributed by atoms with Gasteiger partial charge in [-0.25, -0.2) is 0 Å². The fourth-order valence-electron chi connectivity index (χ4n) is 1.32. The Morgan fingerprint density at radius 1 is 1.31 bits per heavy atom. The van der Waals surface area contributed by atoms with Crippen molar-refractivity contribution in [3.63, 3.8) is 0 Å². The van der Waals surface area contributed by atoms with Crippen LogP contribution in [0.25, 0.3) is 0 Å². The van der Waals surface area contributed by atoms with Crippen molar-refractivity contribution in [1.29, 1.82) is 0 Å². The van der Waals surface area contributed by atoms with Crippen molar-refractivity contribution < 1.29 is 10.2 Å². The Balaban J connectivity index is 3.63. The van der Waals surface area contributed by atoms with E-state index in [9.17, 15) is 10.2 Å². The first-order valence-corrected chi connectivity index (χ1v) is 5.28. The van der Waals surface area contributed by atoms with Crippen LogP contribution in [-0.4, -0.2) is 21.9 Å². The molecular formula is C11H24O2. The van der Waals surface area contributed by atoms with Gasteiger partial charge in [0.15, 0.2) is 0 Å². The molecule has 2 N–H and O–H groups in total. The molecule has 0 aromatic heterocycles. The van der Waals surface area contributed by atoms with Crippen LogP contribution in [-0.2, 0) is 0 Å². The Morgan fingerprint density at radius 2 is 1.85 bits per heavy atom. The van der Waals surface area contributed by atoms with E-state index >= 15 is 0 Å². The van der Waals surface area contributed by atoms with Gasteiger partial charge in [0.05, 0.1) is 11.7 Å². The normalized spacial score (nSPS) is 18.7. The van der Waals surface area contributed by atoms with Gasteiger partial charge in [0, 0.05) is 0 Å². The van der Waals surface area contributed by atoms with Gasteiger partial charge in [0.25, 0.3) is 0 Å². The quantitative estimate of drug-likeness (QED) is 0.671. The van der Waals surface area contributed by atoms with Crippen molar-refractivity contribution in [2.24, 2.45) is 5.92 Å². The van der Waals surface area contributed by atoms with Gasteiger partial charge in [0.1, 0.15) is 0 Å². The summed E-state index contributed by atoms with van der Waals surface area (Å²) in [5.41, 5.74) is -0.599. The Bertz CT molecular complexity index is 130. The predicted molar refractivity (Wildman–Crippen MR) is 55.6 cm³/mol. The summed E-state index contributed by atoms with van der Waals surface area (Å²) in [4.78, 5) is 0. The minimum absolute atomic E-state index is 0.252. The minimum atomic E-state index is -0.599. The number of hydrogen-bond acceptors (Lipinski definition) is 2. The van der Waals surface area contributed by atoms with Crippen LogP contribution in [0.3, 0.4) is 0 Å². The van der Waals surface area contributed by atoms with Crippen LogP contribution in [0, 0.1) is 5.92 Å². The first-order valence-electron chi connectivity index (χ1n) is 5.28. The van der Waals surface area contributed by atoms with Crippen molar-refractivity contribution in [3.8, 4) is 0 Å². The van der Waals surface area contributed by atoms with Gasteiger partial charge in [0.2, 0.25) is 0 Å². The number of aliphatic hydroxyl groups is 2. The Morgan fingerprint density at radius 3 is 2.23 bits per heavy atom. The Hall–Kier alpha value is -0.0800. The molecule has 0 saturated heterocycles. The maximum absolute atomic E-state index is 9.70. The van der Waals surface area contributed by atoms with Crippen LogP contribution < -0.4 is 0 Å². The molecule has 13 heavy (non-hydrogen) atoms. The smallest absolute Gasteiger partial charge is 0.0618 e. The summed E-state index contributed by atoms with van der Waals surface area (Å²) in [6.07, 6.45) is 2.73. The maximum Gasteiger partial charge on any atom is 0.0618 e. The van der Waals surface area contributed by atoms with E-state index in [-0.39, 0.29) is 6.10 Å². The standard InChI is InChI=1S/C11H24O2/c1-5-11(4,13)7-6-10(12)8-9(2)3/h9-10,12-13H,5-8H2,1-4H3. The zero-order chi connectivity index (χ0) is 10.5. The first kappa shape index (κ1) is 12.9. The van der Waals surface area contributed by atoms with Crippen molar-refractivity contribution in [2.45, 2.75) is 65.1 Å². The molecule has 0 saturated carbocycles. The molecule has 2 heteroatoms. The molecule has 0 aliphatic carbocycles. The van der Waals surface area contributed by atoms with Crippen molar-refractivity contribution in [2.75, 3.05) is 0 Å². The highest BCUT2D eigenvalue weighted by Gasteiger charge is 2.19. The Labute approximate surface area is 82.0 Å². The predicted octanol–water partition coefficient (Wildman–Crippen LogP) is 2.33. The molecular weight excluding hydrogens is 164 g/mol. The average Bonchev–Trinajstić information content (AvgIpc) is 2.00. The fraction of sp³-hybridized carbons (Fsp3) is 1.00. The van der Waals surface area contributed by atoms with Crippen LogP contribution in [0.15, 0.2) is 0 Å². The van der Waals surface area contributed by atoms with E-state index in [1.165, 1.54) is 0 Å². The summed E-state index contributed by atoms with van der Waals surface area (Å²) in [5.74, 6) is 0.529. The van der Waals surface area contributed by atoms with E-state index in [0.29, 0.717) is 18.8 Å². The second-order valence-electron chi connectivity index (χ2n) is 4.67. The van der Waals surface area contributed by atoms with Crippen molar-refractivity contribution in [1.82, 2.24) is 0 Å². The highest BCUT2D eigenvalue weighted by molar-refractivity contribution is 4.72. The summed E-state index contributed by atoms with van der Waals surface area (Å²) in [6, 6.07) is 0. The molecule has 0 heterocycles. The van der Waals surface area contributed by atoms with E-state index in [2.05, 4.69) is 13.8 Å². The lowest BCUT2D eigenvalue weighted by atomic mass is 9.93. The van der Waals surface area contributed by atoms with Gasteiger partial charge in [-0.05, 0) is 38.5 Å². The second kappa shape index (κ2) is 5.61. The van der Waals surface area contributed by atoms with Gasteiger partial charge in [-0.15, -0.1) is 0 Å². The third-order valence-electron chi connectivity index (χ3n) is 2.52. The molecule has 2 nitrogen and oxygen atoms in total. The molecule has 0 aromatic carbocycles. The van der Waals surface area contributed by atoms with Gasteiger partial charge in [-0.3, -0.25) is 0 Å². The van der Waals surface area contributed by atoms with Gasteiger partial charge < -0.3 is 10.2 Å². The largest absolute Gasteiger partial charge is 0.393 e. The summed E-state index contributed by atoms with van der Waals surface area (Å²) < 4.78 is 0. The SMILES string of the molecule is CCC(C)(O)CCC(O)CC(C)C. The zero-order valence-electron chi connectivity index (χ0n) is 9.38. The molecule has 2 atom stereocenters. The van der Waals surface area contributed by atoms with Crippen molar-refractivity contribution >= 4 is 0 Å². The molecule has 2 unspecified atom stereocenters. The van der Waals surface area contributed by atoms with Crippen LogP contribution >= 0.6 is 0 Å². The minimum Gasteiger partial charge on any atom is -0.393 e. The van der Waals surface area contributed by atoms with Gasteiger partial charge >= 0.3 is 0 Å². The topological polar surface area (TPSA) is 40.5 Å². The highest BCUT2D eigenvalue weighted by atomic mass is 16.3. The van der Waals surface area contributed by atoms with Crippen LogP contribution in [0.2, 0.25) is 0 Å². The molecule has 0 rings (SSSR count). The van der Waals surface area contributed by atoms with Crippen LogP contribution in [0.1, 0.15) is 53.4 Å². The van der Waals surface area contributed by atoms with E-state index in [1.807, 2.05) is 13.8 Å². The molecule has 0 spiro atoms. The lowest BCUT2D eigenvalue weighted by Gasteiger charge is -2.23. The third kappa shape index (κ3) is 7.03. The van der Waals surface area contributed by atoms with Crippen LogP contribution in [0.5, 0.6) is 0 Å². The third-order valence-corrected chi connectivity index (χ3v) is 2.52. The lowest BCUT2D eigenvalue weighted by Crippen LogP contribution is -2.25. The monoisotopic (exact) mass is 188 g/mol. The number of aliphatic hydroxyl groups excluding tert-OH is 1. The summed E-state index contributed by atoms with van der Waals surface area (Å²) >= 11 is 0. The first-order chi connectivity index (χ1) is 5.87. The number of hydrogen-bond donors (Lipinski definition) is 2. The molecule has 0 aliphatic heterocycles. The van der Waals surface area contributed by atoms with Gasteiger partial charge in [-0.2, -0.15) is 0 Å². The second-order valence-corrected chi connectivity index (χ2v) is 4.67. The van der Waals surface area contributed by atoms with E-state index in [0.717, 1.165) is 12.8 Å². The summed E-state index contributed by atoms with van der Waals surface area (Å²) in [7, 11) is 0. The summed E-state index contributed by atoms with van der Waals surface area (Å²) in [6.45, 7) is 7.99. The van der Waals surface area contributed by atoms with Crippen LogP contribution in [0.4, 0.5) is 0 Å². The molecule has 0 fully saturated rings. The molecule has 0 amide bonds. The molecule has 0 bridgehead atoms. The average molecular weight is 188 g/mol. The molecule has 0 aromatic rings. The van der Waals surface area contributed by atoms with E-state index < -0.39 is 5.60 Å². The van der Waals surface area contributed by atoms with Crippen molar-refractivity contribution in [3.05, 3.63) is 0 Å². The number of rotatable bonds is 6. The van der Waals surface area contributed by atoms with Gasteiger partial charge in [-0.1, -0.05) is 20.8 Å². The van der Waals surface area contributed by atoms with E-state index in [4.69, 9.17) is 0 Å². The fourth-order valence-corrected chi connectivity index (χ4v) is 1.32. The lowest BCUT2D eigenvalue weighted by molar-refractivity contribution is 0.0257. The zero-order valence-corrected chi connectivity index (χ0v) is 9.38. The summed E-state index contributed by atoms with van der Waals surface area (Å²) in [5, 5.41) is 19.3. The highest BCUT2D eigenvalue weighted by Crippen LogP contribution is 2.19. The molecule has 80 valence electrons. The van der Waals surface area contributed by atoms with E-state index in [1.54, 1.807) is 0 Å². The Kier molecular flexibility index (Phi) is 5.57. The maximum atomic E-state index is 9.70. The molecule has 0 aliphatic rings.